The highest BCUT2D eigenvalue weighted by atomic mass is 32.2. The molecule has 0 fully saturated rings. The fourth-order valence-corrected chi connectivity index (χ4v) is 5.88. The second-order valence-corrected chi connectivity index (χ2v) is 11.3. The molecule has 32 heavy (non-hydrogen) atoms. The van der Waals surface area contributed by atoms with Crippen molar-refractivity contribution in [3.63, 3.8) is 0 Å². The van der Waals surface area contributed by atoms with Crippen molar-refractivity contribution in [3.8, 4) is 0 Å². The zero-order valence-corrected chi connectivity index (χ0v) is 20.0. The summed E-state index contributed by atoms with van der Waals surface area (Å²) in [5.74, 6) is -0.160. The molecule has 4 rings (SSSR count). The average molecular weight is 470 g/mol. The van der Waals surface area contributed by atoms with Crippen molar-refractivity contribution < 1.29 is 13.2 Å². The number of hydrogen-bond donors (Lipinski definition) is 1. The molecule has 3 aromatic rings. The van der Waals surface area contributed by atoms with E-state index in [0.717, 1.165) is 24.1 Å². The van der Waals surface area contributed by atoms with E-state index in [1.807, 2.05) is 25.1 Å². The molecule has 1 amide bonds. The van der Waals surface area contributed by atoms with Crippen molar-refractivity contribution in [1.82, 2.24) is 9.21 Å². The molecule has 0 bridgehead atoms. The number of anilines is 1. The molecule has 2 heterocycles. The summed E-state index contributed by atoms with van der Waals surface area (Å²) in [6, 6.07) is 17.2. The normalized spacial score (nSPS) is 16.7. The predicted molar refractivity (Wildman–Crippen MR) is 129 cm³/mol. The molecular formula is C24H27N3O3S2. The van der Waals surface area contributed by atoms with Gasteiger partial charge in [-0.2, -0.15) is 0 Å². The molecule has 0 radical (unpaired) electrons. The SMILES string of the molecule is Cc1ccc(S(=O)(=O)N(C)C)cc1NC(=O)CN1CCc2sccc2C1c1ccccc1. The first-order valence-corrected chi connectivity index (χ1v) is 12.8. The summed E-state index contributed by atoms with van der Waals surface area (Å²) in [6.45, 7) is 2.86. The van der Waals surface area contributed by atoms with Gasteiger partial charge in [0.25, 0.3) is 0 Å². The smallest absolute Gasteiger partial charge is 0.242 e. The van der Waals surface area contributed by atoms with Crippen LogP contribution >= 0.6 is 11.3 Å². The largest absolute Gasteiger partial charge is 0.325 e. The lowest BCUT2D eigenvalue weighted by molar-refractivity contribution is -0.117. The maximum atomic E-state index is 13.0. The summed E-state index contributed by atoms with van der Waals surface area (Å²) in [4.78, 5) is 16.8. The number of rotatable bonds is 6. The summed E-state index contributed by atoms with van der Waals surface area (Å²) in [5, 5.41) is 5.05. The fourth-order valence-electron chi connectivity index (χ4n) is 4.05. The van der Waals surface area contributed by atoms with Crippen molar-refractivity contribution >= 4 is 33.0 Å². The second kappa shape index (κ2) is 9.15. The third-order valence-electron chi connectivity index (χ3n) is 5.79. The minimum absolute atomic E-state index is 0.0264. The van der Waals surface area contributed by atoms with Gasteiger partial charge in [0.15, 0.2) is 0 Å². The predicted octanol–water partition coefficient (Wildman–Crippen LogP) is 3.89. The van der Waals surface area contributed by atoms with E-state index in [4.69, 9.17) is 0 Å². The molecule has 0 saturated carbocycles. The van der Waals surface area contributed by atoms with Gasteiger partial charge in [-0.1, -0.05) is 36.4 Å². The molecule has 1 aliphatic rings. The molecular weight excluding hydrogens is 442 g/mol. The van der Waals surface area contributed by atoms with Crippen LogP contribution < -0.4 is 5.32 Å². The van der Waals surface area contributed by atoms with Crippen LogP contribution in [0.4, 0.5) is 5.69 Å². The van der Waals surface area contributed by atoms with Crippen LogP contribution in [0.15, 0.2) is 64.9 Å². The van der Waals surface area contributed by atoms with Crippen molar-refractivity contribution in [2.75, 3.05) is 32.5 Å². The quantitative estimate of drug-likeness (QED) is 0.595. The van der Waals surface area contributed by atoms with Crippen molar-refractivity contribution in [1.29, 1.82) is 0 Å². The zero-order valence-electron chi connectivity index (χ0n) is 18.4. The van der Waals surface area contributed by atoms with Gasteiger partial charge in [-0.05, 0) is 53.6 Å². The molecule has 1 unspecified atom stereocenters. The summed E-state index contributed by atoms with van der Waals surface area (Å²) < 4.78 is 26.2. The maximum Gasteiger partial charge on any atom is 0.242 e. The van der Waals surface area contributed by atoms with Crippen molar-refractivity contribution in [2.45, 2.75) is 24.3 Å². The highest BCUT2D eigenvalue weighted by molar-refractivity contribution is 7.89. The van der Waals surface area contributed by atoms with Gasteiger partial charge in [0.2, 0.25) is 15.9 Å². The Labute approximate surface area is 193 Å². The number of aryl methyl sites for hydroxylation is 1. The Hall–Kier alpha value is -2.52. The molecule has 1 aliphatic heterocycles. The van der Waals surface area contributed by atoms with E-state index in [9.17, 15) is 13.2 Å². The van der Waals surface area contributed by atoms with Gasteiger partial charge in [-0.25, -0.2) is 12.7 Å². The lowest BCUT2D eigenvalue weighted by atomic mass is 9.93. The number of fused-ring (bicyclic) bond motifs is 1. The number of carbonyl (C=O) groups is 1. The number of nitrogens with one attached hydrogen (secondary N) is 1. The van der Waals surface area contributed by atoms with Crippen molar-refractivity contribution in [2.24, 2.45) is 0 Å². The van der Waals surface area contributed by atoms with Crippen molar-refractivity contribution in [3.05, 3.63) is 81.5 Å². The average Bonchev–Trinajstić information content (AvgIpc) is 3.24. The molecule has 1 aromatic heterocycles. The zero-order chi connectivity index (χ0) is 22.9. The van der Waals surface area contributed by atoms with Gasteiger partial charge >= 0.3 is 0 Å². The summed E-state index contributed by atoms with van der Waals surface area (Å²) in [7, 11) is -0.594. The van der Waals surface area contributed by atoms with Crippen LogP contribution in [0.25, 0.3) is 0 Å². The third-order valence-corrected chi connectivity index (χ3v) is 8.60. The lowest BCUT2D eigenvalue weighted by Gasteiger charge is -2.35. The minimum atomic E-state index is -3.58. The van der Waals surface area contributed by atoms with Crippen LogP contribution in [-0.4, -0.2) is 50.7 Å². The van der Waals surface area contributed by atoms with Gasteiger partial charge < -0.3 is 5.32 Å². The van der Waals surface area contributed by atoms with Gasteiger partial charge in [0.05, 0.1) is 17.5 Å². The Morgan fingerprint density at radius 3 is 2.62 bits per heavy atom. The number of sulfonamides is 1. The summed E-state index contributed by atoms with van der Waals surface area (Å²) in [6.07, 6.45) is 0.916. The Morgan fingerprint density at radius 1 is 1.16 bits per heavy atom. The third kappa shape index (κ3) is 4.49. The first kappa shape index (κ1) is 22.7. The topological polar surface area (TPSA) is 69.7 Å². The Bertz CT molecular complexity index is 1220. The molecule has 1 atom stereocenters. The van der Waals surface area contributed by atoms with Crippen LogP contribution in [0.1, 0.15) is 27.6 Å². The van der Waals surface area contributed by atoms with E-state index >= 15 is 0 Å². The number of benzene rings is 2. The number of nitrogens with zero attached hydrogens (tertiary/aromatic N) is 2. The first-order valence-electron chi connectivity index (χ1n) is 10.5. The van der Waals surface area contributed by atoms with Crippen LogP contribution in [0.3, 0.4) is 0 Å². The Morgan fingerprint density at radius 2 is 1.91 bits per heavy atom. The fraction of sp³-hybridized carbons (Fsp3) is 0.292. The van der Waals surface area contributed by atoms with E-state index in [1.54, 1.807) is 23.5 Å². The molecule has 168 valence electrons. The van der Waals surface area contributed by atoms with E-state index in [2.05, 4.69) is 33.8 Å². The monoisotopic (exact) mass is 469 g/mol. The van der Waals surface area contributed by atoms with E-state index in [0.29, 0.717) is 5.69 Å². The van der Waals surface area contributed by atoms with Gasteiger partial charge in [0.1, 0.15) is 0 Å². The molecule has 1 N–H and O–H groups in total. The minimum Gasteiger partial charge on any atom is -0.325 e. The Balaban J connectivity index is 1.57. The van der Waals surface area contributed by atoms with Crippen LogP contribution in [-0.2, 0) is 21.2 Å². The van der Waals surface area contributed by atoms with Crippen LogP contribution in [0, 0.1) is 6.92 Å². The number of thiophene rings is 1. The number of carbonyl (C=O) groups excluding carboxylic acids is 1. The van der Waals surface area contributed by atoms with Gasteiger partial charge in [-0.3, -0.25) is 9.69 Å². The first-order chi connectivity index (χ1) is 15.3. The molecule has 0 saturated heterocycles. The van der Waals surface area contributed by atoms with Crippen LogP contribution in [0.2, 0.25) is 0 Å². The highest BCUT2D eigenvalue weighted by Crippen LogP contribution is 2.37. The van der Waals surface area contributed by atoms with Gasteiger partial charge in [0, 0.05) is 31.2 Å². The Kier molecular flexibility index (Phi) is 6.48. The molecule has 8 heteroatoms. The van der Waals surface area contributed by atoms with Crippen LogP contribution in [0.5, 0.6) is 0 Å². The van der Waals surface area contributed by atoms with E-state index < -0.39 is 10.0 Å². The van der Waals surface area contributed by atoms with E-state index in [1.165, 1.54) is 34.9 Å². The molecule has 2 aromatic carbocycles. The second-order valence-electron chi connectivity index (χ2n) is 8.15. The number of hydrogen-bond acceptors (Lipinski definition) is 5. The molecule has 6 nitrogen and oxygen atoms in total. The van der Waals surface area contributed by atoms with Gasteiger partial charge in [-0.15, -0.1) is 11.3 Å². The highest BCUT2D eigenvalue weighted by Gasteiger charge is 2.31. The number of amides is 1. The summed E-state index contributed by atoms with van der Waals surface area (Å²) >= 11 is 1.77. The molecule has 0 aliphatic carbocycles. The maximum absolute atomic E-state index is 13.0. The lowest BCUT2D eigenvalue weighted by Crippen LogP contribution is -2.40. The summed E-state index contributed by atoms with van der Waals surface area (Å²) in [5.41, 5.74) is 3.75. The molecule has 0 spiro atoms. The standard InChI is InChI=1S/C24H27N3O3S2/c1-17-9-10-19(32(29,30)26(2)3)15-21(17)25-23(28)16-27-13-11-22-20(12-14-31-22)24(27)18-7-5-4-6-8-18/h4-10,12,14-15,24H,11,13,16H2,1-3H3,(H,25,28). The van der Waals surface area contributed by atoms with E-state index in [-0.39, 0.29) is 23.4 Å².